The Labute approximate surface area is 194 Å². The van der Waals surface area contributed by atoms with E-state index in [1.165, 1.54) is 0 Å². The van der Waals surface area contributed by atoms with Gasteiger partial charge in [-0.3, -0.25) is 14.6 Å². The largest absolute Gasteiger partial charge is 0.493 e. The monoisotopic (exact) mass is 450 g/mol. The Morgan fingerprint density at radius 2 is 1.91 bits per heavy atom. The minimum Gasteiger partial charge on any atom is -0.493 e. The smallest absolute Gasteiger partial charge is 0.232 e. The zero-order valence-electron chi connectivity index (χ0n) is 19.3. The summed E-state index contributed by atoms with van der Waals surface area (Å²) in [4.78, 5) is 18.0. The summed E-state index contributed by atoms with van der Waals surface area (Å²) < 4.78 is 23.4. The minimum absolute atomic E-state index is 0.0953. The summed E-state index contributed by atoms with van der Waals surface area (Å²) in [6.07, 6.45) is 1.78. The third kappa shape index (κ3) is 4.49. The number of rotatable bonds is 6. The second kappa shape index (κ2) is 9.55. The van der Waals surface area contributed by atoms with Crippen molar-refractivity contribution in [2.24, 2.45) is 0 Å². The molecule has 0 N–H and O–H groups in total. The number of carbonyl (C=O) groups is 1. The molecule has 0 spiro atoms. The second-order valence-electron chi connectivity index (χ2n) is 8.56. The average Bonchev–Trinajstić information content (AvgIpc) is 3.17. The first kappa shape index (κ1) is 21.9. The molecule has 1 fully saturated rings. The Bertz CT molecular complexity index is 1070. The fraction of sp³-hybridized carbons (Fsp3) is 0.423. The third-order valence-corrected chi connectivity index (χ3v) is 6.33. The lowest BCUT2D eigenvalue weighted by molar-refractivity contribution is 0.0239. The Morgan fingerprint density at radius 3 is 2.73 bits per heavy atom. The van der Waals surface area contributed by atoms with Crippen LogP contribution in [-0.4, -0.2) is 68.3 Å². The van der Waals surface area contributed by atoms with Crippen LogP contribution in [0.5, 0.6) is 17.2 Å². The molecule has 174 valence electrons. The van der Waals surface area contributed by atoms with E-state index in [0.29, 0.717) is 37.0 Å². The number of para-hydroxylation sites is 1. The number of fused-ring (bicyclic) bond motifs is 3. The van der Waals surface area contributed by atoms with Crippen LogP contribution in [0.3, 0.4) is 0 Å². The highest BCUT2D eigenvalue weighted by atomic mass is 16.5. The van der Waals surface area contributed by atoms with Crippen LogP contribution in [0.25, 0.3) is 6.08 Å². The molecule has 1 saturated heterocycles. The van der Waals surface area contributed by atoms with E-state index in [9.17, 15) is 4.79 Å². The van der Waals surface area contributed by atoms with Crippen molar-refractivity contribution in [3.63, 3.8) is 0 Å². The normalized spacial score (nSPS) is 19.7. The lowest BCUT2D eigenvalue weighted by Gasteiger charge is -2.33. The molecule has 0 aliphatic carbocycles. The summed E-state index contributed by atoms with van der Waals surface area (Å²) in [5, 5.41) is 0. The number of aryl methyl sites for hydroxylation is 1. The maximum Gasteiger partial charge on any atom is 0.232 e. The van der Waals surface area contributed by atoms with Gasteiger partial charge in [0.2, 0.25) is 5.78 Å². The summed E-state index contributed by atoms with van der Waals surface area (Å²) in [6.45, 7) is 11.0. The Kier molecular flexibility index (Phi) is 6.35. The molecule has 0 unspecified atom stereocenters. The maximum absolute atomic E-state index is 13.3. The molecular formula is C26H30N2O5. The first-order valence-electron chi connectivity index (χ1n) is 11.6. The highest BCUT2D eigenvalue weighted by molar-refractivity contribution is 6.16. The third-order valence-electron chi connectivity index (χ3n) is 6.33. The van der Waals surface area contributed by atoms with Gasteiger partial charge in [0.15, 0.2) is 5.76 Å². The molecule has 0 atom stereocenters. The van der Waals surface area contributed by atoms with Gasteiger partial charge in [-0.25, -0.2) is 0 Å². The van der Waals surface area contributed by atoms with Gasteiger partial charge >= 0.3 is 0 Å². The fourth-order valence-corrected chi connectivity index (χ4v) is 4.55. The van der Waals surface area contributed by atoms with E-state index in [1.807, 2.05) is 44.2 Å². The van der Waals surface area contributed by atoms with Crippen molar-refractivity contribution in [3.05, 3.63) is 58.3 Å². The molecule has 0 radical (unpaired) electrons. The van der Waals surface area contributed by atoms with Crippen LogP contribution in [0.2, 0.25) is 0 Å². The van der Waals surface area contributed by atoms with E-state index in [2.05, 4.69) is 9.80 Å². The van der Waals surface area contributed by atoms with Crippen LogP contribution in [0.15, 0.2) is 36.1 Å². The van der Waals surface area contributed by atoms with Gasteiger partial charge in [0.1, 0.15) is 24.0 Å². The molecule has 2 aromatic carbocycles. The van der Waals surface area contributed by atoms with Crippen molar-refractivity contribution < 1.29 is 23.7 Å². The zero-order chi connectivity index (χ0) is 22.8. The van der Waals surface area contributed by atoms with Gasteiger partial charge in [-0.05, 0) is 37.6 Å². The van der Waals surface area contributed by atoms with Crippen molar-refractivity contribution >= 4 is 11.9 Å². The van der Waals surface area contributed by atoms with Crippen molar-refractivity contribution in [2.75, 3.05) is 52.7 Å². The molecule has 7 heteroatoms. The molecule has 2 aromatic rings. The van der Waals surface area contributed by atoms with Gasteiger partial charge in [0.25, 0.3) is 0 Å². The molecule has 5 rings (SSSR count). The number of benzene rings is 2. The SMILES string of the molecule is CCOc1ccccc1/C=C1\Oc2c3c(cc(C)c2C1=O)OCN(CCN1CCOCC1)C3. The molecule has 3 heterocycles. The van der Waals surface area contributed by atoms with Crippen LogP contribution in [0, 0.1) is 6.92 Å². The number of hydrogen-bond donors (Lipinski definition) is 0. The van der Waals surface area contributed by atoms with E-state index in [0.717, 1.165) is 67.6 Å². The second-order valence-corrected chi connectivity index (χ2v) is 8.56. The van der Waals surface area contributed by atoms with Crippen molar-refractivity contribution in [1.82, 2.24) is 9.80 Å². The van der Waals surface area contributed by atoms with E-state index in [4.69, 9.17) is 18.9 Å². The number of ether oxygens (including phenoxy) is 4. The number of carbonyl (C=O) groups excluding carboxylic acids is 1. The Hall–Kier alpha value is -2.87. The molecule has 0 amide bonds. The minimum atomic E-state index is -0.0953. The molecule has 3 aliphatic heterocycles. The van der Waals surface area contributed by atoms with Gasteiger partial charge in [-0.1, -0.05) is 18.2 Å². The summed E-state index contributed by atoms with van der Waals surface area (Å²) in [5.41, 5.74) is 3.27. The van der Waals surface area contributed by atoms with E-state index >= 15 is 0 Å². The van der Waals surface area contributed by atoms with Gasteiger partial charge in [0, 0.05) is 38.3 Å². The predicted molar refractivity (Wildman–Crippen MR) is 125 cm³/mol. The van der Waals surface area contributed by atoms with Crippen molar-refractivity contribution in [3.8, 4) is 17.2 Å². The number of morpholine rings is 1. The molecule has 0 aromatic heterocycles. The van der Waals surface area contributed by atoms with Gasteiger partial charge in [0.05, 0.1) is 30.9 Å². The molecular weight excluding hydrogens is 420 g/mol. The lowest BCUT2D eigenvalue weighted by Crippen LogP contribution is -2.43. The Balaban J connectivity index is 1.38. The van der Waals surface area contributed by atoms with Crippen LogP contribution in [0.4, 0.5) is 0 Å². The first-order valence-corrected chi connectivity index (χ1v) is 11.6. The first-order chi connectivity index (χ1) is 16.1. The van der Waals surface area contributed by atoms with Gasteiger partial charge in [-0.2, -0.15) is 0 Å². The van der Waals surface area contributed by atoms with Crippen molar-refractivity contribution in [2.45, 2.75) is 20.4 Å². The van der Waals surface area contributed by atoms with Crippen LogP contribution in [-0.2, 0) is 11.3 Å². The standard InChI is InChI=1S/C26H30N2O5/c1-3-31-21-7-5-4-6-19(21)15-23-25(29)24-18(2)14-22-20(26(24)33-23)16-28(17-32-22)9-8-27-10-12-30-13-11-27/h4-7,14-15H,3,8-13,16-17H2,1-2H3/b23-15-. The average molecular weight is 451 g/mol. The number of nitrogens with zero attached hydrogens (tertiary/aromatic N) is 2. The lowest BCUT2D eigenvalue weighted by atomic mass is 9.98. The summed E-state index contributed by atoms with van der Waals surface area (Å²) in [6, 6.07) is 9.63. The van der Waals surface area contributed by atoms with Gasteiger partial charge < -0.3 is 18.9 Å². The number of allylic oxidation sites excluding steroid dienone is 1. The summed E-state index contributed by atoms with van der Waals surface area (Å²) in [5.74, 6) is 2.39. The molecule has 33 heavy (non-hydrogen) atoms. The van der Waals surface area contributed by atoms with Gasteiger partial charge in [-0.15, -0.1) is 0 Å². The summed E-state index contributed by atoms with van der Waals surface area (Å²) >= 11 is 0. The van der Waals surface area contributed by atoms with Crippen LogP contribution >= 0.6 is 0 Å². The highest BCUT2D eigenvalue weighted by Crippen LogP contribution is 2.44. The quantitative estimate of drug-likeness (QED) is 0.625. The van der Waals surface area contributed by atoms with Crippen LogP contribution in [0.1, 0.15) is 34.0 Å². The van der Waals surface area contributed by atoms with E-state index < -0.39 is 0 Å². The number of ketones is 1. The fourth-order valence-electron chi connectivity index (χ4n) is 4.55. The maximum atomic E-state index is 13.3. The molecule has 7 nitrogen and oxygen atoms in total. The molecule has 3 aliphatic rings. The number of Topliss-reactive ketones (excluding diaryl/α,β-unsaturated/α-hetero) is 1. The number of hydrogen-bond acceptors (Lipinski definition) is 7. The highest BCUT2D eigenvalue weighted by Gasteiger charge is 2.35. The molecule has 0 saturated carbocycles. The van der Waals surface area contributed by atoms with Crippen molar-refractivity contribution in [1.29, 1.82) is 0 Å². The van der Waals surface area contributed by atoms with E-state index in [-0.39, 0.29) is 5.78 Å². The Morgan fingerprint density at radius 1 is 1.12 bits per heavy atom. The zero-order valence-corrected chi connectivity index (χ0v) is 19.3. The topological polar surface area (TPSA) is 60.5 Å². The predicted octanol–water partition coefficient (Wildman–Crippen LogP) is 3.49. The molecule has 0 bridgehead atoms. The van der Waals surface area contributed by atoms with Crippen LogP contribution < -0.4 is 14.2 Å². The summed E-state index contributed by atoms with van der Waals surface area (Å²) in [7, 11) is 0. The van der Waals surface area contributed by atoms with E-state index in [1.54, 1.807) is 6.08 Å².